The second kappa shape index (κ2) is 3.80. The smallest absolute Gasteiger partial charge is 0.177 e. The van der Waals surface area contributed by atoms with Crippen LogP contribution in [0.3, 0.4) is 0 Å². The van der Waals surface area contributed by atoms with Crippen LogP contribution < -0.4 is 0 Å². The van der Waals surface area contributed by atoms with E-state index in [1.807, 2.05) is 6.20 Å². The number of hydrogen-bond acceptors (Lipinski definition) is 4. The number of hydrogen-bond donors (Lipinski definition) is 0. The summed E-state index contributed by atoms with van der Waals surface area (Å²) in [6.45, 7) is 1.45. The Labute approximate surface area is 101 Å². The number of aromatic nitrogens is 1. The van der Waals surface area contributed by atoms with E-state index in [2.05, 4.69) is 20.9 Å². The first-order chi connectivity index (χ1) is 7.30. The van der Waals surface area contributed by atoms with E-state index in [4.69, 9.17) is 9.47 Å². The molecular weight excluding hydrogens is 278 g/mol. The normalized spacial score (nSPS) is 29.0. The van der Waals surface area contributed by atoms with Crippen LogP contribution in [0.4, 0.5) is 0 Å². The summed E-state index contributed by atoms with van der Waals surface area (Å²) in [6.07, 6.45) is 5.16. The molecule has 2 fully saturated rings. The molecule has 1 aromatic heterocycles. The molecule has 5 heteroatoms. The van der Waals surface area contributed by atoms with Crippen molar-refractivity contribution < 1.29 is 9.47 Å². The van der Waals surface area contributed by atoms with Gasteiger partial charge in [0, 0.05) is 6.42 Å². The fraction of sp³-hybridized carbons (Fsp3) is 0.700. The average molecular weight is 290 g/mol. The summed E-state index contributed by atoms with van der Waals surface area (Å²) < 4.78 is 12.7. The summed E-state index contributed by atoms with van der Waals surface area (Å²) in [5.74, 6) is -0.0200. The van der Waals surface area contributed by atoms with Gasteiger partial charge in [0.05, 0.1) is 29.1 Å². The Hall–Kier alpha value is 0.0300. The molecule has 1 spiro atoms. The number of thiazole rings is 1. The van der Waals surface area contributed by atoms with Crippen molar-refractivity contribution in [2.24, 2.45) is 0 Å². The monoisotopic (exact) mass is 289 g/mol. The van der Waals surface area contributed by atoms with Crippen LogP contribution in [0.5, 0.6) is 0 Å². The lowest BCUT2D eigenvalue weighted by Gasteiger charge is -2.27. The Balaban J connectivity index is 1.91. The molecule has 1 saturated heterocycles. The van der Waals surface area contributed by atoms with Crippen LogP contribution in [0.25, 0.3) is 0 Å². The van der Waals surface area contributed by atoms with Crippen molar-refractivity contribution in [3.63, 3.8) is 0 Å². The zero-order valence-corrected chi connectivity index (χ0v) is 10.6. The predicted octanol–water partition coefficient (Wildman–Crippen LogP) is 2.92. The van der Waals surface area contributed by atoms with Gasteiger partial charge in [-0.15, -0.1) is 11.3 Å². The van der Waals surface area contributed by atoms with Crippen molar-refractivity contribution >= 4 is 27.3 Å². The van der Waals surface area contributed by atoms with Gasteiger partial charge >= 0.3 is 0 Å². The molecule has 1 aliphatic carbocycles. The summed E-state index contributed by atoms with van der Waals surface area (Å²) in [5, 5.41) is 1.14. The van der Waals surface area contributed by atoms with Gasteiger partial charge in [-0.1, -0.05) is 0 Å². The molecule has 0 bridgehead atoms. The molecule has 0 aromatic carbocycles. The largest absolute Gasteiger partial charge is 0.347 e. The predicted molar refractivity (Wildman–Crippen MR) is 61.0 cm³/mol. The maximum absolute atomic E-state index is 5.81. The fourth-order valence-electron chi connectivity index (χ4n) is 2.50. The summed E-state index contributed by atoms with van der Waals surface area (Å²) in [6, 6.07) is 0. The van der Waals surface area contributed by atoms with E-state index < -0.39 is 0 Å². The zero-order valence-electron chi connectivity index (χ0n) is 8.24. The highest BCUT2D eigenvalue weighted by Gasteiger charge is 2.49. The molecule has 0 radical (unpaired) electrons. The summed E-state index contributed by atoms with van der Waals surface area (Å²) in [5.41, 5.74) is 0. The van der Waals surface area contributed by atoms with E-state index in [0.717, 1.165) is 34.8 Å². The maximum atomic E-state index is 5.81. The molecule has 1 saturated carbocycles. The van der Waals surface area contributed by atoms with Crippen molar-refractivity contribution in [3.05, 3.63) is 15.0 Å². The van der Waals surface area contributed by atoms with E-state index in [0.29, 0.717) is 5.92 Å². The molecule has 2 aliphatic rings. The maximum Gasteiger partial charge on any atom is 0.177 e. The Kier molecular flexibility index (Phi) is 2.59. The third-order valence-electron chi connectivity index (χ3n) is 3.12. The van der Waals surface area contributed by atoms with Crippen LogP contribution in [-0.4, -0.2) is 24.0 Å². The van der Waals surface area contributed by atoms with Crippen LogP contribution >= 0.6 is 27.3 Å². The molecule has 1 atom stereocenters. The highest BCUT2D eigenvalue weighted by atomic mass is 79.9. The number of nitrogens with zero attached hydrogens (tertiary/aromatic N) is 1. The topological polar surface area (TPSA) is 31.4 Å². The SMILES string of the molecule is Brc1cnc(C2CCCC23OCCO3)s1. The van der Waals surface area contributed by atoms with Crippen molar-refractivity contribution in [1.29, 1.82) is 0 Å². The average Bonchev–Trinajstić information content (AvgIpc) is 2.90. The highest BCUT2D eigenvalue weighted by Crippen LogP contribution is 2.49. The van der Waals surface area contributed by atoms with Crippen LogP contribution in [0.15, 0.2) is 9.98 Å². The van der Waals surface area contributed by atoms with Gasteiger partial charge in [0.15, 0.2) is 5.79 Å². The van der Waals surface area contributed by atoms with Gasteiger partial charge in [-0.2, -0.15) is 0 Å². The standard InChI is InChI=1S/C10H12BrNO2S/c11-8-6-12-9(15-8)7-2-1-3-10(7)13-4-5-14-10/h6-7H,1-5H2. The Morgan fingerprint density at radius 2 is 2.27 bits per heavy atom. The van der Waals surface area contributed by atoms with Crippen LogP contribution in [-0.2, 0) is 9.47 Å². The van der Waals surface area contributed by atoms with E-state index in [9.17, 15) is 0 Å². The van der Waals surface area contributed by atoms with Crippen molar-refractivity contribution in [1.82, 2.24) is 4.98 Å². The summed E-state index contributed by atoms with van der Waals surface area (Å²) in [4.78, 5) is 4.43. The summed E-state index contributed by atoms with van der Waals surface area (Å²) in [7, 11) is 0. The van der Waals surface area contributed by atoms with Gasteiger partial charge < -0.3 is 9.47 Å². The van der Waals surface area contributed by atoms with E-state index >= 15 is 0 Å². The molecule has 1 aliphatic heterocycles. The van der Waals surface area contributed by atoms with Gasteiger partial charge in [0.25, 0.3) is 0 Å². The van der Waals surface area contributed by atoms with E-state index in [1.165, 1.54) is 6.42 Å². The molecule has 1 aromatic rings. The number of rotatable bonds is 1. The molecule has 3 nitrogen and oxygen atoms in total. The molecular formula is C10H12BrNO2S. The second-order valence-electron chi connectivity index (χ2n) is 3.96. The lowest BCUT2D eigenvalue weighted by molar-refractivity contribution is -0.162. The van der Waals surface area contributed by atoms with Gasteiger partial charge in [0.1, 0.15) is 5.01 Å². The minimum atomic E-state index is -0.350. The van der Waals surface area contributed by atoms with E-state index in [1.54, 1.807) is 11.3 Å². The molecule has 3 rings (SSSR count). The van der Waals surface area contributed by atoms with Crippen molar-refractivity contribution in [3.8, 4) is 0 Å². The number of halogens is 1. The molecule has 0 amide bonds. The fourth-order valence-corrected chi connectivity index (χ4v) is 3.95. The minimum Gasteiger partial charge on any atom is -0.347 e. The van der Waals surface area contributed by atoms with Crippen LogP contribution in [0, 0.1) is 0 Å². The van der Waals surface area contributed by atoms with Crippen LogP contribution in [0.1, 0.15) is 30.2 Å². The molecule has 0 N–H and O–H groups in total. The van der Waals surface area contributed by atoms with Gasteiger partial charge in [-0.25, -0.2) is 4.98 Å². The Bertz CT molecular complexity index is 357. The van der Waals surface area contributed by atoms with Crippen LogP contribution in [0.2, 0.25) is 0 Å². The first kappa shape index (κ1) is 10.2. The highest BCUT2D eigenvalue weighted by molar-refractivity contribution is 9.11. The third-order valence-corrected chi connectivity index (χ3v) is 4.71. The minimum absolute atomic E-state index is 0.330. The first-order valence-electron chi connectivity index (χ1n) is 5.19. The molecule has 15 heavy (non-hydrogen) atoms. The molecule has 2 heterocycles. The Morgan fingerprint density at radius 1 is 1.47 bits per heavy atom. The van der Waals surface area contributed by atoms with Gasteiger partial charge in [0.2, 0.25) is 0 Å². The Morgan fingerprint density at radius 3 is 2.93 bits per heavy atom. The summed E-state index contributed by atoms with van der Waals surface area (Å²) >= 11 is 5.14. The van der Waals surface area contributed by atoms with Crippen molar-refractivity contribution in [2.75, 3.05) is 13.2 Å². The van der Waals surface area contributed by atoms with Gasteiger partial charge in [-0.3, -0.25) is 0 Å². The van der Waals surface area contributed by atoms with Crippen molar-refractivity contribution in [2.45, 2.75) is 31.0 Å². The number of ether oxygens (including phenoxy) is 2. The lowest BCUT2D eigenvalue weighted by atomic mass is 10.0. The first-order valence-corrected chi connectivity index (χ1v) is 6.80. The molecule has 82 valence electrons. The quantitative estimate of drug-likeness (QED) is 0.797. The second-order valence-corrected chi connectivity index (χ2v) is 6.40. The molecule has 1 unspecified atom stereocenters. The third kappa shape index (κ3) is 1.65. The van der Waals surface area contributed by atoms with E-state index in [-0.39, 0.29) is 5.79 Å². The lowest BCUT2D eigenvalue weighted by Crippen LogP contribution is -2.32. The zero-order chi connectivity index (χ0) is 10.3. The van der Waals surface area contributed by atoms with Gasteiger partial charge in [-0.05, 0) is 28.8 Å².